The van der Waals surface area contributed by atoms with Crippen LogP contribution in [0.4, 0.5) is 0 Å². The van der Waals surface area contributed by atoms with Crippen LogP contribution in [-0.2, 0) is 19.1 Å². The number of nitrogens with one attached hydrogen (secondary N) is 1. The van der Waals surface area contributed by atoms with Crippen molar-refractivity contribution in [2.45, 2.75) is 51.9 Å². The van der Waals surface area contributed by atoms with Gasteiger partial charge in [0.05, 0.1) is 12.6 Å². The molecule has 1 saturated heterocycles. The molecule has 3 atom stereocenters. The third kappa shape index (κ3) is 4.80. The maximum atomic E-state index is 12.0. The molecule has 0 radical (unpaired) electrons. The molecule has 1 fully saturated rings. The molecule has 0 aromatic heterocycles. The van der Waals surface area contributed by atoms with Gasteiger partial charge in [0.25, 0.3) is 0 Å². The number of hydrogen-bond acceptors (Lipinski definition) is 4. The molecule has 0 bridgehead atoms. The Morgan fingerprint density at radius 1 is 1.37 bits per heavy atom. The third-order valence-corrected chi connectivity index (χ3v) is 3.22. The second-order valence-electron chi connectivity index (χ2n) is 5.05. The molecule has 0 spiro atoms. The van der Waals surface area contributed by atoms with E-state index < -0.39 is 18.2 Å². The molecule has 19 heavy (non-hydrogen) atoms. The van der Waals surface area contributed by atoms with Crippen LogP contribution >= 0.6 is 0 Å². The van der Waals surface area contributed by atoms with Crippen LogP contribution in [0, 0.1) is 5.92 Å². The molecule has 6 heteroatoms. The van der Waals surface area contributed by atoms with Crippen LogP contribution in [0.25, 0.3) is 0 Å². The van der Waals surface area contributed by atoms with Crippen LogP contribution in [0.1, 0.15) is 33.6 Å². The van der Waals surface area contributed by atoms with E-state index in [-0.39, 0.29) is 17.9 Å². The van der Waals surface area contributed by atoms with Crippen molar-refractivity contribution >= 4 is 11.9 Å². The Morgan fingerprint density at radius 2 is 2.00 bits per heavy atom. The Hall–Kier alpha value is -1.14. The van der Waals surface area contributed by atoms with E-state index >= 15 is 0 Å². The van der Waals surface area contributed by atoms with E-state index in [4.69, 9.17) is 14.6 Å². The van der Waals surface area contributed by atoms with Crippen molar-refractivity contribution in [2.24, 2.45) is 5.92 Å². The maximum absolute atomic E-state index is 12.0. The molecule has 0 aliphatic carbocycles. The van der Waals surface area contributed by atoms with Gasteiger partial charge in [-0.1, -0.05) is 13.8 Å². The lowest BCUT2D eigenvalue weighted by atomic mass is 10.0. The van der Waals surface area contributed by atoms with Crippen LogP contribution in [0.5, 0.6) is 0 Å². The zero-order valence-electron chi connectivity index (χ0n) is 11.7. The first-order valence-corrected chi connectivity index (χ1v) is 6.72. The fourth-order valence-electron chi connectivity index (χ4n) is 1.93. The smallest absolute Gasteiger partial charge is 0.332 e. The van der Waals surface area contributed by atoms with Gasteiger partial charge in [-0.25, -0.2) is 4.79 Å². The number of ether oxygens (including phenoxy) is 2. The number of aliphatic carboxylic acids is 1. The lowest BCUT2D eigenvalue weighted by Crippen LogP contribution is -2.46. The molecule has 2 N–H and O–H groups in total. The highest BCUT2D eigenvalue weighted by molar-refractivity contribution is 5.82. The topological polar surface area (TPSA) is 84.9 Å². The largest absolute Gasteiger partial charge is 0.479 e. The highest BCUT2D eigenvalue weighted by atomic mass is 16.5. The van der Waals surface area contributed by atoms with E-state index in [9.17, 15) is 9.59 Å². The number of hydrogen-bond donors (Lipinski definition) is 2. The molecule has 0 aromatic carbocycles. The molecule has 1 unspecified atom stereocenters. The predicted molar refractivity (Wildman–Crippen MR) is 68.8 cm³/mol. The number of amides is 1. The Bertz CT molecular complexity index is 318. The Morgan fingerprint density at radius 3 is 2.47 bits per heavy atom. The maximum Gasteiger partial charge on any atom is 0.332 e. The minimum Gasteiger partial charge on any atom is -0.479 e. The van der Waals surface area contributed by atoms with E-state index in [1.807, 2.05) is 20.8 Å². The first-order valence-electron chi connectivity index (χ1n) is 6.72. The number of carbonyl (C=O) groups excluding carboxylic acids is 1. The van der Waals surface area contributed by atoms with E-state index in [1.54, 1.807) is 0 Å². The first-order chi connectivity index (χ1) is 8.95. The van der Waals surface area contributed by atoms with E-state index in [1.165, 1.54) is 0 Å². The lowest BCUT2D eigenvalue weighted by Gasteiger charge is -2.23. The number of rotatable bonds is 7. The molecule has 6 nitrogen and oxygen atoms in total. The van der Waals surface area contributed by atoms with Gasteiger partial charge in [-0.3, -0.25) is 4.79 Å². The second kappa shape index (κ2) is 7.45. The van der Waals surface area contributed by atoms with E-state index in [0.29, 0.717) is 26.1 Å². The lowest BCUT2D eigenvalue weighted by molar-refractivity contribution is -0.152. The first kappa shape index (κ1) is 15.9. The summed E-state index contributed by atoms with van der Waals surface area (Å²) in [6, 6.07) is -0.0834. The molecule has 0 aromatic rings. The van der Waals surface area contributed by atoms with Gasteiger partial charge in [-0.05, 0) is 25.7 Å². The molecule has 1 rings (SSSR count). The van der Waals surface area contributed by atoms with Crippen molar-refractivity contribution < 1.29 is 24.2 Å². The number of carboxylic acid groups (broad SMARTS) is 1. The Labute approximate surface area is 113 Å². The van der Waals surface area contributed by atoms with Gasteiger partial charge < -0.3 is 19.9 Å². The van der Waals surface area contributed by atoms with Crippen LogP contribution in [0.15, 0.2) is 0 Å². The normalized spacial score (nSPS) is 24.4. The summed E-state index contributed by atoms with van der Waals surface area (Å²) in [5.41, 5.74) is 0. The molecule has 1 heterocycles. The Kier molecular flexibility index (Phi) is 6.24. The van der Waals surface area contributed by atoms with Crippen molar-refractivity contribution in [3.63, 3.8) is 0 Å². The minimum atomic E-state index is -1.01. The summed E-state index contributed by atoms with van der Waals surface area (Å²) >= 11 is 0. The van der Waals surface area contributed by atoms with Crippen molar-refractivity contribution in [2.75, 3.05) is 13.2 Å². The molecular formula is C13H23NO5. The predicted octanol–water partition coefficient (Wildman–Crippen LogP) is 0.796. The van der Waals surface area contributed by atoms with Crippen molar-refractivity contribution in [3.05, 3.63) is 0 Å². The zero-order valence-corrected chi connectivity index (χ0v) is 11.7. The van der Waals surface area contributed by atoms with Crippen molar-refractivity contribution in [3.8, 4) is 0 Å². The summed E-state index contributed by atoms with van der Waals surface area (Å²) in [6.07, 6.45) is -0.697. The SMILES string of the molecule is CCOCC(NC(=O)[C@@H]1CC[C@H](C(=O)O)O1)C(C)C. The second-order valence-corrected chi connectivity index (χ2v) is 5.05. The summed E-state index contributed by atoms with van der Waals surface area (Å²) < 4.78 is 10.5. The monoisotopic (exact) mass is 273 g/mol. The fourth-order valence-corrected chi connectivity index (χ4v) is 1.93. The van der Waals surface area contributed by atoms with Gasteiger partial charge in [0, 0.05) is 6.61 Å². The fraction of sp³-hybridized carbons (Fsp3) is 0.846. The standard InChI is InChI=1S/C13H23NO5/c1-4-18-7-9(8(2)3)14-12(15)10-5-6-11(19-10)13(16)17/h8-11H,4-7H2,1-3H3,(H,14,15)(H,16,17)/t9?,10-,11+/m0/s1. The number of carbonyl (C=O) groups is 2. The summed E-state index contributed by atoms with van der Waals surface area (Å²) in [5.74, 6) is -1.01. The van der Waals surface area contributed by atoms with Gasteiger partial charge in [0.2, 0.25) is 5.91 Å². The van der Waals surface area contributed by atoms with Crippen LogP contribution in [0.3, 0.4) is 0 Å². The Balaban J connectivity index is 2.46. The van der Waals surface area contributed by atoms with Crippen molar-refractivity contribution in [1.82, 2.24) is 5.32 Å². The van der Waals surface area contributed by atoms with Crippen molar-refractivity contribution in [1.29, 1.82) is 0 Å². The number of carboxylic acids is 1. The molecule has 1 aliphatic heterocycles. The van der Waals surface area contributed by atoms with E-state index in [2.05, 4.69) is 5.32 Å². The quantitative estimate of drug-likeness (QED) is 0.716. The van der Waals surface area contributed by atoms with Gasteiger partial charge >= 0.3 is 5.97 Å². The minimum absolute atomic E-state index is 0.0834. The van der Waals surface area contributed by atoms with Crippen LogP contribution < -0.4 is 5.32 Å². The van der Waals surface area contributed by atoms with E-state index in [0.717, 1.165) is 0 Å². The van der Waals surface area contributed by atoms with Gasteiger partial charge in [-0.2, -0.15) is 0 Å². The third-order valence-electron chi connectivity index (χ3n) is 3.22. The summed E-state index contributed by atoms with van der Waals surface area (Å²) in [5, 5.41) is 11.7. The molecular weight excluding hydrogens is 250 g/mol. The highest BCUT2D eigenvalue weighted by Crippen LogP contribution is 2.20. The molecule has 1 aliphatic rings. The summed E-state index contributed by atoms with van der Waals surface area (Å²) in [6.45, 7) is 6.95. The zero-order chi connectivity index (χ0) is 14.4. The van der Waals surface area contributed by atoms with Gasteiger partial charge in [-0.15, -0.1) is 0 Å². The highest BCUT2D eigenvalue weighted by Gasteiger charge is 2.35. The molecule has 110 valence electrons. The molecule has 1 amide bonds. The van der Waals surface area contributed by atoms with Gasteiger partial charge in [0.1, 0.15) is 6.10 Å². The van der Waals surface area contributed by atoms with Crippen LogP contribution in [0.2, 0.25) is 0 Å². The summed E-state index contributed by atoms with van der Waals surface area (Å²) in [4.78, 5) is 22.8. The average molecular weight is 273 g/mol. The molecule has 0 saturated carbocycles. The van der Waals surface area contributed by atoms with Crippen LogP contribution in [-0.4, -0.2) is 48.4 Å². The average Bonchev–Trinajstić information content (AvgIpc) is 2.83. The summed E-state index contributed by atoms with van der Waals surface area (Å²) in [7, 11) is 0. The van der Waals surface area contributed by atoms with Gasteiger partial charge in [0.15, 0.2) is 6.10 Å².